The average molecular weight is 231 g/mol. The molecule has 0 saturated heterocycles. The summed E-state index contributed by atoms with van der Waals surface area (Å²) in [6.07, 6.45) is 2.12. The van der Waals surface area contributed by atoms with Crippen LogP contribution in [0.4, 0.5) is 4.79 Å². The van der Waals surface area contributed by atoms with Crippen molar-refractivity contribution in [3.05, 3.63) is 0 Å². The third-order valence-electron chi connectivity index (χ3n) is 2.07. The second-order valence-corrected chi connectivity index (χ2v) is 3.73. The van der Waals surface area contributed by atoms with E-state index in [1.807, 2.05) is 6.92 Å². The monoisotopic (exact) mass is 231 g/mol. The lowest BCUT2D eigenvalue weighted by atomic mass is 10.1. The summed E-state index contributed by atoms with van der Waals surface area (Å²) >= 11 is 0. The second kappa shape index (κ2) is 8.96. The van der Waals surface area contributed by atoms with Crippen molar-refractivity contribution in [2.24, 2.45) is 5.73 Å². The number of urea groups is 1. The maximum Gasteiger partial charge on any atom is 0.314 e. The van der Waals surface area contributed by atoms with Crippen molar-refractivity contribution in [2.75, 3.05) is 13.1 Å². The normalized spacial score (nSPS) is 11.9. The lowest BCUT2D eigenvalue weighted by Crippen LogP contribution is -2.41. The van der Waals surface area contributed by atoms with Crippen molar-refractivity contribution < 1.29 is 14.7 Å². The fourth-order valence-corrected chi connectivity index (χ4v) is 1.21. The van der Waals surface area contributed by atoms with E-state index in [0.29, 0.717) is 25.9 Å². The topological polar surface area (TPSA) is 104 Å². The molecule has 6 heteroatoms. The van der Waals surface area contributed by atoms with Gasteiger partial charge in [0.15, 0.2) is 0 Å². The molecule has 0 fully saturated rings. The summed E-state index contributed by atoms with van der Waals surface area (Å²) in [6.45, 7) is 2.96. The standard InChI is InChI=1S/C10H21N3O3/c1-8(4-2-5-9(14)15)13-10(16)12-7-3-6-11/h8H,2-7,11H2,1H3,(H,14,15)(H2,12,13,16). The molecule has 2 amide bonds. The summed E-state index contributed by atoms with van der Waals surface area (Å²) < 4.78 is 0. The van der Waals surface area contributed by atoms with Crippen LogP contribution in [0.2, 0.25) is 0 Å². The molecular formula is C10H21N3O3. The van der Waals surface area contributed by atoms with Gasteiger partial charge in [0, 0.05) is 19.0 Å². The summed E-state index contributed by atoms with van der Waals surface area (Å²) in [5, 5.41) is 13.8. The minimum atomic E-state index is -0.806. The van der Waals surface area contributed by atoms with Crippen LogP contribution >= 0.6 is 0 Å². The molecule has 1 unspecified atom stereocenters. The van der Waals surface area contributed by atoms with E-state index in [1.54, 1.807) is 0 Å². The van der Waals surface area contributed by atoms with Gasteiger partial charge in [-0.3, -0.25) is 4.79 Å². The van der Waals surface area contributed by atoms with Crippen molar-refractivity contribution in [1.82, 2.24) is 10.6 Å². The van der Waals surface area contributed by atoms with E-state index in [1.165, 1.54) is 0 Å². The highest BCUT2D eigenvalue weighted by Crippen LogP contribution is 2.00. The molecule has 0 rings (SSSR count). The van der Waals surface area contributed by atoms with Gasteiger partial charge in [-0.05, 0) is 32.7 Å². The maximum absolute atomic E-state index is 11.2. The molecule has 0 heterocycles. The van der Waals surface area contributed by atoms with Gasteiger partial charge < -0.3 is 21.5 Å². The van der Waals surface area contributed by atoms with Crippen LogP contribution in [0.1, 0.15) is 32.6 Å². The van der Waals surface area contributed by atoms with Gasteiger partial charge >= 0.3 is 12.0 Å². The summed E-state index contributed by atoms with van der Waals surface area (Å²) in [6, 6.07) is -0.242. The van der Waals surface area contributed by atoms with E-state index in [-0.39, 0.29) is 18.5 Å². The third kappa shape index (κ3) is 9.26. The van der Waals surface area contributed by atoms with Crippen LogP contribution in [0.25, 0.3) is 0 Å². The summed E-state index contributed by atoms with van der Waals surface area (Å²) in [4.78, 5) is 21.5. The molecule has 94 valence electrons. The van der Waals surface area contributed by atoms with Gasteiger partial charge in [-0.25, -0.2) is 4.79 Å². The van der Waals surface area contributed by atoms with E-state index in [9.17, 15) is 9.59 Å². The van der Waals surface area contributed by atoms with Gasteiger partial charge in [-0.2, -0.15) is 0 Å². The smallest absolute Gasteiger partial charge is 0.314 e. The molecule has 0 aliphatic heterocycles. The van der Waals surface area contributed by atoms with Gasteiger partial charge in [-0.15, -0.1) is 0 Å². The Morgan fingerprint density at radius 1 is 1.38 bits per heavy atom. The lowest BCUT2D eigenvalue weighted by molar-refractivity contribution is -0.137. The van der Waals surface area contributed by atoms with Crippen LogP contribution in [-0.2, 0) is 4.79 Å². The molecule has 16 heavy (non-hydrogen) atoms. The number of hydrogen-bond acceptors (Lipinski definition) is 3. The number of nitrogens with one attached hydrogen (secondary N) is 2. The number of carboxylic acid groups (broad SMARTS) is 1. The van der Waals surface area contributed by atoms with Gasteiger partial charge in [-0.1, -0.05) is 0 Å². The van der Waals surface area contributed by atoms with Gasteiger partial charge in [0.05, 0.1) is 0 Å². The molecule has 0 aromatic heterocycles. The van der Waals surface area contributed by atoms with Crippen LogP contribution < -0.4 is 16.4 Å². The van der Waals surface area contributed by atoms with Crippen molar-refractivity contribution >= 4 is 12.0 Å². The first-order valence-corrected chi connectivity index (χ1v) is 5.52. The van der Waals surface area contributed by atoms with E-state index in [0.717, 1.165) is 6.42 Å². The SMILES string of the molecule is CC(CCCC(=O)O)NC(=O)NCCCN. The zero-order valence-electron chi connectivity index (χ0n) is 9.66. The lowest BCUT2D eigenvalue weighted by Gasteiger charge is -2.13. The van der Waals surface area contributed by atoms with Crippen LogP contribution in [-0.4, -0.2) is 36.2 Å². The second-order valence-electron chi connectivity index (χ2n) is 3.73. The van der Waals surface area contributed by atoms with Crippen molar-refractivity contribution in [2.45, 2.75) is 38.6 Å². The minimum absolute atomic E-state index is 0.0165. The Kier molecular flexibility index (Phi) is 8.24. The van der Waals surface area contributed by atoms with Crippen LogP contribution in [0.3, 0.4) is 0 Å². The van der Waals surface area contributed by atoms with Crippen LogP contribution in [0, 0.1) is 0 Å². The number of carboxylic acids is 1. The Hall–Kier alpha value is -1.30. The number of aliphatic carboxylic acids is 1. The summed E-state index contributed by atoms with van der Waals surface area (Å²) in [5.41, 5.74) is 5.28. The molecular weight excluding hydrogens is 210 g/mol. The first kappa shape index (κ1) is 14.7. The minimum Gasteiger partial charge on any atom is -0.481 e. The maximum atomic E-state index is 11.2. The molecule has 6 nitrogen and oxygen atoms in total. The van der Waals surface area contributed by atoms with Crippen LogP contribution in [0.5, 0.6) is 0 Å². The zero-order chi connectivity index (χ0) is 12.4. The van der Waals surface area contributed by atoms with Gasteiger partial charge in [0.1, 0.15) is 0 Å². The number of carbonyl (C=O) groups is 2. The predicted octanol–water partition coefficient (Wildman–Crippen LogP) is 0.278. The fourth-order valence-electron chi connectivity index (χ4n) is 1.21. The molecule has 0 aromatic carbocycles. The molecule has 1 atom stereocenters. The molecule has 5 N–H and O–H groups in total. The number of carbonyl (C=O) groups excluding carboxylic acids is 1. The molecule has 0 saturated carbocycles. The van der Waals surface area contributed by atoms with E-state index >= 15 is 0 Å². The number of nitrogens with two attached hydrogens (primary N) is 1. The highest BCUT2D eigenvalue weighted by Gasteiger charge is 2.07. The van der Waals surface area contributed by atoms with Crippen molar-refractivity contribution in [3.8, 4) is 0 Å². The average Bonchev–Trinajstić information content (AvgIpc) is 2.17. The van der Waals surface area contributed by atoms with Crippen molar-refractivity contribution in [1.29, 1.82) is 0 Å². The predicted molar refractivity (Wildman–Crippen MR) is 61.2 cm³/mol. The highest BCUT2D eigenvalue weighted by atomic mass is 16.4. The number of rotatable bonds is 8. The third-order valence-corrected chi connectivity index (χ3v) is 2.07. The number of amides is 2. The molecule has 0 radical (unpaired) electrons. The van der Waals surface area contributed by atoms with Gasteiger partial charge in [0.25, 0.3) is 0 Å². The van der Waals surface area contributed by atoms with Crippen LogP contribution in [0.15, 0.2) is 0 Å². The number of hydrogen-bond donors (Lipinski definition) is 4. The Bertz CT molecular complexity index is 221. The Labute approximate surface area is 95.6 Å². The molecule has 0 bridgehead atoms. The molecule has 0 aromatic rings. The molecule has 0 spiro atoms. The summed E-state index contributed by atoms with van der Waals surface area (Å²) in [5.74, 6) is -0.806. The zero-order valence-corrected chi connectivity index (χ0v) is 9.66. The fraction of sp³-hybridized carbons (Fsp3) is 0.800. The van der Waals surface area contributed by atoms with E-state index in [2.05, 4.69) is 10.6 Å². The quantitative estimate of drug-likeness (QED) is 0.450. The highest BCUT2D eigenvalue weighted by molar-refractivity contribution is 5.74. The van der Waals surface area contributed by atoms with Gasteiger partial charge in [0.2, 0.25) is 0 Å². The van der Waals surface area contributed by atoms with E-state index < -0.39 is 5.97 Å². The molecule has 0 aliphatic carbocycles. The Morgan fingerprint density at radius 3 is 2.62 bits per heavy atom. The Balaban J connectivity index is 3.50. The van der Waals surface area contributed by atoms with Crippen molar-refractivity contribution in [3.63, 3.8) is 0 Å². The summed E-state index contributed by atoms with van der Waals surface area (Å²) in [7, 11) is 0. The Morgan fingerprint density at radius 2 is 2.06 bits per heavy atom. The molecule has 0 aliphatic rings. The van der Waals surface area contributed by atoms with E-state index in [4.69, 9.17) is 10.8 Å². The largest absolute Gasteiger partial charge is 0.481 e. The first-order chi connectivity index (χ1) is 7.56. The first-order valence-electron chi connectivity index (χ1n) is 5.52.